The van der Waals surface area contributed by atoms with Crippen LogP contribution in [0.3, 0.4) is 0 Å². The van der Waals surface area contributed by atoms with E-state index >= 15 is 0 Å². The Kier molecular flexibility index (Phi) is 4.18. The summed E-state index contributed by atoms with van der Waals surface area (Å²) in [5.41, 5.74) is 6.75. The Morgan fingerprint density at radius 2 is 1.81 bits per heavy atom. The van der Waals surface area contributed by atoms with Gasteiger partial charge in [0.25, 0.3) is 5.89 Å². The molecule has 0 spiro atoms. The molecule has 0 aliphatic carbocycles. The molecule has 1 heterocycles. The molecule has 2 aromatic rings. The number of aromatic nitrogens is 2. The molecule has 0 bridgehead atoms. The lowest BCUT2D eigenvalue weighted by molar-refractivity contribution is 0.303. The van der Waals surface area contributed by atoms with E-state index in [0.29, 0.717) is 23.2 Å². The third kappa shape index (κ3) is 3.16. The summed E-state index contributed by atoms with van der Waals surface area (Å²) in [7, 11) is 3.17. The maximum absolute atomic E-state index is 6.14. The first-order valence-corrected chi connectivity index (χ1v) is 6.68. The summed E-state index contributed by atoms with van der Waals surface area (Å²) in [6.07, 6.45) is 0. The molecule has 21 heavy (non-hydrogen) atoms. The van der Waals surface area contributed by atoms with E-state index in [4.69, 9.17) is 19.7 Å². The van der Waals surface area contributed by atoms with Gasteiger partial charge in [-0.25, -0.2) is 0 Å². The number of hydrogen-bond acceptors (Lipinski definition) is 6. The van der Waals surface area contributed by atoms with E-state index in [1.807, 2.05) is 26.8 Å². The molecule has 6 heteroatoms. The SMILES string of the molecule is COc1ccc(-c2nc(C(N)C(C)(C)C)no2)cc1OC. The van der Waals surface area contributed by atoms with Crippen molar-refractivity contribution in [3.8, 4) is 23.0 Å². The Hall–Kier alpha value is -2.08. The molecule has 1 aromatic carbocycles. The zero-order chi connectivity index (χ0) is 15.6. The maximum atomic E-state index is 6.14. The topological polar surface area (TPSA) is 83.4 Å². The molecule has 0 aliphatic heterocycles. The third-order valence-corrected chi connectivity index (χ3v) is 3.28. The number of benzene rings is 1. The number of methoxy groups -OCH3 is 2. The van der Waals surface area contributed by atoms with Gasteiger partial charge in [0.15, 0.2) is 17.3 Å². The van der Waals surface area contributed by atoms with Crippen molar-refractivity contribution in [1.29, 1.82) is 0 Å². The average molecular weight is 291 g/mol. The number of nitrogens with two attached hydrogens (primary N) is 1. The molecule has 0 saturated carbocycles. The van der Waals surface area contributed by atoms with Crippen LogP contribution >= 0.6 is 0 Å². The van der Waals surface area contributed by atoms with Crippen LogP contribution in [0.2, 0.25) is 0 Å². The van der Waals surface area contributed by atoms with Crippen LogP contribution in [0.5, 0.6) is 11.5 Å². The van der Waals surface area contributed by atoms with E-state index < -0.39 is 0 Å². The standard InChI is InChI=1S/C15H21N3O3/c1-15(2,3)12(16)13-17-14(21-18-13)9-6-7-10(19-4)11(8-9)20-5/h6-8,12H,16H2,1-5H3. The summed E-state index contributed by atoms with van der Waals surface area (Å²) in [6, 6.07) is 5.12. The van der Waals surface area contributed by atoms with Gasteiger partial charge in [-0.15, -0.1) is 0 Å². The lowest BCUT2D eigenvalue weighted by Crippen LogP contribution is -2.27. The highest BCUT2D eigenvalue weighted by molar-refractivity contribution is 5.59. The first-order chi connectivity index (χ1) is 9.86. The van der Waals surface area contributed by atoms with E-state index in [1.165, 1.54) is 0 Å². The van der Waals surface area contributed by atoms with Gasteiger partial charge in [-0.1, -0.05) is 25.9 Å². The Morgan fingerprint density at radius 1 is 1.14 bits per heavy atom. The van der Waals surface area contributed by atoms with E-state index in [0.717, 1.165) is 5.56 Å². The molecule has 0 amide bonds. The van der Waals surface area contributed by atoms with Crippen molar-refractivity contribution in [2.75, 3.05) is 14.2 Å². The van der Waals surface area contributed by atoms with Crippen molar-refractivity contribution >= 4 is 0 Å². The molecular formula is C15H21N3O3. The summed E-state index contributed by atoms with van der Waals surface area (Å²) in [5, 5.41) is 3.97. The molecule has 0 fully saturated rings. The fourth-order valence-corrected chi connectivity index (χ4v) is 1.83. The van der Waals surface area contributed by atoms with Gasteiger partial charge in [0, 0.05) is 5.56 Å². The molecule has 1 aromatic heterocycles. The second kappa shape index (κ2) is 5.73. The van der Waals surface area contributed by atoms with Crippen LogP contribution in [0.4, 0.5) is 0 Å². The minimum absolute atomic E-state index is 0.140. The second-order valence-electron chi connectivity index (χ2n) is 5.87. The quantitative estimate of drug-likeness (QED) is 0.932. The number of nitrogens with zero attached hydrogens (tertiary/aromatic N) is 2. The predicted octanol–water partition coefficient (Wildman–Crippen LogP) is 2.80. The zero-order valence-electron chi connectivity index (χ0n) is 13.0. The van der Waals surface area contributed by atoms with Crippen LogP contribution in [-0.2, 0) is 0 Å². The minimum atomic E-state index is -0.296. The largest absolute Gasteiger partial charge is 0.493 e. The molecule has 1 atom stereocenters. The summed E-state index contributed by atoms with van der Waals surface area (Å²) < 4.78 is 15.8. The fourth-order valence-electron chi connectivity index (χ4n) is 1.83. The number of hydrogen-bond donors (Lipinski definition) is 1. The zero-order valence-corrected chi connectivity index (χ0v) is 13.0. The molecule has 6 nitrogen and oxygen atoms in total. The molecule has 2 rings (SSSR count). The molecule has 2 N–H and O–H groups in total. The van der Waals surface area contributed by atoms with E-state index in [1.54, 1.807) is 26.4 Å². The van der Waals surface area contributed by atoms with Crippen LogP contribution in [0, 0.1) is 5.41 Å². The molecular weight excluding hydrogens is 270 g/mol. The monoisotopic (exact) mass is 291 g/mol. The Labute approximate surface area is 124 Å². The van der Waals surface area contributed by atoms with Crippen LogP contribution in [0.25, 0.3) is 11.5 Å². The van der Waals surface area contributed by atoms with Crippen molar-refractivity contribution in [2.24, 2.45) is 11.1 Å². The minimum Gasteiger partial charge on any atom is -0.493 e. The summed E-state index contributed by atoms with van der Waals surface area (Å²) >= 11 is 0. The average Bonchev–Trinajstić information content (AvgIpc) is 2.94. The molecule has 1 unspecified atom stereocenters. The first-order valence-electron chi connectivity index (χ1n) is 6.68. The Balaban J connectivity index is 2.34. The molecule has 0 saturated heterocycles. The predicted molar refractivity (Wildman–Crippen MR) is 79.2 cm³/mol. The van der Waals surface area contributed by atoms with Gasteiger partial charge in [-0.05, 0) is 23.6 Å². The second-order valence-corrected chi connectivity index (χ2v) is 5.87. The third-order valence-electron chi connectivity index (χ3n) is 3.28. The van der Waals surface area contributed by atoms with Gasteiger partial charge in [-0.2, -0.15) is 4.98 Å². The lowest BCUT2D eigenvalue weighted by atomic mass is 9.87. The van der Waals surface area contributed by atoms with Gasteiger partial charge in [-0.3, -0.25) is 0 Å². The summed E-state index contributed by atoms with van der Waals surface area (Å²) in [4.78, 5) is 4.38. The molecule has 114 valence electrons. The molecule has 0 aliphatic rings. The molecule has 0 radical (unpaired) electrons. The summed E-state index contributed by atoms with van der Waals surface area (Å²) in [6.45, 7) is 6.10. The Morgan fingerprint density at radius 3 is 2.38 bits per heavy atom. The van der Waals surface area contributed by atoms with E-state index in [2.05, 4.69) is 10.1 Å². The van der Waals surface area contributed by atoms with Crippen molar-refractivity contribution in [3.05, 3.63) is 24.0 Å². The van der Waals surface area contributed by atoms with Gasteiger partial charge in [0.1, 0.15) is 0 Å². The lowest BCUT2D eigenvalue weighted by Gasteiger charge is -2.23. The smallest absolute Gasteiger partial charge is 0.258 e. The van der Waals surface area contributed by atoms with Gasteiger partial charge >= 0.3 is 0 Å². The van der Waals surface area contributed by atoms with Crippen LogP contribution in [0.15, 0.2) is 22.7 Å². The van der Waals surface area contributed by atoms with Gasteiger partial charge in [0.05, 0.1) is 20.3 Å². The van der Waals surface area contributed by atoms with Gasteiger partial charge < -0.3 is 19.7 Å². The van der Waals surface area contributed by atoms with Crippen molar-refractivity contribution in [3.63, 3.8) is 0 Å². The number of rotatable bonds is 4. The maximum Gasteiger partial charge on any atom is 0.258 e. The Bertz CT molecular complexity index is 617. The highest BCUT2D eigenvalue weighted by atomic mass is 16.5. The van der Waals surface area contributed by atoms with Crippen LogP contribution in [-0.4, -0.2) is 24.4 Å². The highest BCUT2D eigenvalue weighted by Crippen LogP contribution is 2.33. The van der Waals surface area contributed by atoms with Crippen molar-refractivity contribution in [1.82, 2.24) is 10.1 Å². The highest BCUT2D eigenvalue weighted by Gasteiger charge is 2.27. The normalized spacial score (nSPS) is 13.0. The van der Waals surface area contributed by atoms with Crippen molar-refractivity contribution in [2.45, 2.75) is 26.8 Å². The fraction of sp³-hybridized carbons (Fsp3) is 0.467. The van der Waals surface area contributed by atoms with E-state index in [-0.39, 0.29) is 11.5 Å². The van der Waals surface area contributed by atoms with Gasteiger partial charge in [0.2, 0.25) is 0 Å². The first kappa shape index (κ1) is 15.3. The summed E-state index contributed by atoms with van der Waals surface area (Å²) in [5.74, 6) is 2.15. The van der Waals surface area contributed by atoms with Crippen LogP contribution < -0.4 is 15.2 Å². The van der Waals surface area contributed by atoms with Crippen molar-refractivity contribution < 1.29 is 14.0 Å². The van der Waals surface area contributed by atoms with E-state index in [9.17, 15) is 0 Å². The number of ether oxygens (including phenoxy) is 2. The van der Waals surface area contributed by atoms with Crippen LogP contribution in [0.1, 0.15) is 32.6 Å².